The van der Waals surface area contributed by atoms with Gasteiger partial charge in [0.05, 0.1) is 0 Å². The average molecular weight is 460 g/mol. The van der Waals surface area contributed by atoms with Crippen LogP contribution in [-0.2, 0) is 0 Å². The summed E-state index contributed by atoms with van der Waals surface area (Å²) in [6.07, 6.45) is 0. The topological polar surface area (TPSA) is 0 Å². The van der Waals surface area contributed by atoms with E-state index in [9.17, 15) is 0 Å². The van der Waals surface area contributed by atoms with Crippen molar-refractivity contribution in [1.82, 2.24) is 0 Å². The third-order valence-corrected chi connectivity index (χ3v) is 23.1. The van der Waals surface area contributed by atoms with Gasteiger partial charge in [0.25, 0.3) is 0 Å². The van der Waals surface area contributed by atoms with E-state index in [-0.39, 0.29) is 0 Å². The second-order valence-corrected chi connectivity index (χ2v) is 38.4. The molecule has 0 atom stereocenters. The minimum atomic E-state index is -1.95. The molecule has 0 amide bonds. The predicted molar refractivity (Wildman–Crippen MR) is 87.8 cm³/mol. The third-order valence-electron chi connectivity index (χ3n) is 2.98. The zero-order valence-corrected chi connectivity index (χ0v) is 18.2. The zero-order valence-electron chi connectivity index (χ0n) is 11.7. The van der Waals surface area contributed by atoms with Gasteiger partial charge in [-0.3, -0.25) is 0 Å². The van der Waals surface area contributed by atoms with Crippen LogP contribution in [0, 0.1) is 0 Å². The third kappa shape index (κ3) is 2.86. The van der Waals surface area contributed by atoms with E-state index >= 15 is 0 Å². The normalized spacial score (nSPS) is 13.3. The predicted octanol–water partition coefficient (Wildman–Crippen LogP) is 3.99. The molecule has 3 heteroatoms. The molecular weight excluding hydrogens is 438 g/mol. The molecule has 0 fully saturated rings. The molecule has 92 valence electrons. The van der Waals surface area contributed by atoms with E-state index in [2.05, 4.69) is 65.2 Å². The molecular formula is C14H22SSn2. The Hall–Kier alpha value is 0.777. The quantitative estimate of drug-likeness (QED) is 0.596. The summed E-state index contributed by atoms with van der Waals surface area (Å²) >= 11 is -1.74. The van der Waals surface area contributed by atoms with Crippen LogP contribution >= 0.6 is 11.3 Å². The van der Waals surface area contributed by atoms with Crippen LogP contribution in [0.5, 0.6) is 0 Å². The first-order valence-corrected chi connectivity index (χ1v) is 27.0. The first-order chi connectivity index (χ1) is 7.71. The molecule has 0 saturated carbocycles. The Balaban J connectivity index is 2.81. The Kier molecular flexibility index (Phi) is 3.93. The van der Waals surface area contributed by atoms with Gasteiger partial charge >= 0.3 is 119 Å². The second kappa shape index (κ2) is 4.71. The van der Waals surface area contributed by atoms with E-state index in [1.165, 1.54) is 0 Å². The SMILES string of the molecule is [CH3][Sn]([CH3])([CH3])[c]1s[c]([Sn]([CH3])([CH3])[CH3])c2ccccc12. The molecule has 17 heavy (non-hydrogen) atoms. The van der Waals surface area contributed by atoms with Gasteiger partial charge in [-0.05, 0) is 0 Å². The van der Waals surface area contributed by atoms with Gasteiger partial charge in [-0.1, -0.05) is 0 Å². The van der Waals surface area contributed by atoms with Gasteiger partial charge in [0.1, 0.15) is 0 Å². The van der Waals surface area contributed by atoms with Crippen molar-refractivity contribution in [3.63, 3.8) is 0 Å². The first kappa shape index (κ1) is 14.2. The molecule has 0 aliphatic heterocycles. The minimum absolute atomic E-state index is 1.59. The molecule has 0 spiro atoms. The number of benzene rings is 1. The first-order valence-electron chi connectivity index (χ1n) is 6.24. The molecule has 0 aliphatic carbocycles. The van der Waals surface area contributed by atoms with E-state index in [0.29, 0.717) is 0 Å². The van der Waals surface area contributed by atoms with Crippen molar-refractivity contribution in [3.8, 4) is 0 Å². The maximum atomic E-state index is 2.54. The maximum absolute atomic E-state index is 2.54. The van der Waals surface area contributed by atoms with Crippen molar-refractivity contribution in [2.24, 2.45) is 0 Å². The molecule has 0 radical (unpaired) electrons. The molecule has 0 saturated heterocycles. The van der Waals surface area contributed by atoms with Crippen molar-refractivity contribution >= 4 is 64.6 Å². The summed E-state index contributed by atoms with van der Waals surface area (Å²) in [5.74, 6) is 0. The Morgan fingerprint density at radius 2 is 1.06 bits per heavy atom. The summed E-state index contributed by atoms with van der Waals surface area (Å²) in [7, 11) is 0. The number of thiophene rings is 1. The molecule has 0 N–H and O–H groups in total. The van der Waals surface area contributed by atoms with E-state index in [0.717, 1.165) is 0 Å². The molecule has 1 aromatic carbocycles. The molecule has 0 bridgehead atoms. The van der Waals surface area contributed by atoms with Gasteiger partial charge in [-0.2, -0.15) is 0 Å². The Morgan fingerprint density at radius 3 is 1.35 bits per heavy atom. The van der Waals surface area contributed by atoms with Gasteiger partial charge < -0.3 is 0 Å². The van der Waals surface area contributed by atoms with Crippen molar-refractivity contribution in [2.45, 2.75) is 29.6 Å². The van der Waals surface area contributed by atoms with Crippen molar-refractivity contribution in [3.05, 3.63) is 24.3 Å². The van der Waals surface area contributed by atoms with Crippen LogP contribution < -0.4 is 5.79 Å². The van der Waals surface area contributed by atoms with Gasteiger partial charge in [-0.15, -0.1) is 0 Å². The van der Waals surface area contributed by atoms with Crippen LogP contribution in [0.4, 0.5) is 0 Å². The summed E-state index contributed by atoms with van der Waals surface area (Å²) in [6.45, 7) is 0. The molecule has 2 rings (SSSR count). The fourth-order valence-electron chi connectivity index (χ4n) is 2.21. The number of fused-ring (bicyclic) bond motifs is 1. The summed E-state index contributed by atoms with van der Waals surface area (Å²) < 4.78 is 3.55. The Bertz CT molecular complexity index is 493. The Labute approximate surface area is 117 Å². The van der Waals surface area contributed by atoms with Crippen molar-refractivity contribution in [1.29, 1.82) is 0 Å². The molecule has 0 nitrogen and oxygen atoms in total. The summed E-state index contributed by atoms with van der Waals surface area (Å²) in [6, 6.07) is 9.12. The molecule has 1 aromatic heterocycles. The molecule has 1 heterocycles. The molecule has 2 aromatic rings. The molecule has 0 aliphatic rings. The monoisotopic (exact) mass is 462 g/mol. The fourth-order valence-corrected chi connectivity index (χ4v) is 18.9. The number of hydrogen-bond acceptors (Lipinski definition) is 1. The second-order valence-electron chi connectivity index (χ2n) is 6.81. The number of hydrogen-bond donors (Lipinski definition) is 0. The van der Waals surface area contributed by atoms with Gasteiger partial charge in [0.15, 0.2) is 0 Å². The van der Waals surface area contributed by atoms with Crippen LogP contribution in [0.15, 0.2) is 24.3 Å². The van der Waals surface area contributed by atoms with Gasteiger partial charge in [-0.25, -0.2) is 0 Å². The zero-order chi connectivity index (χ0) is 12.8. The Morgan fingerprint density at radius 1 is 0.706 bits per heavy atom. The van der Waals surface area contributed by atoms with Crippen LogP contribution in [0.25, 0.3) is 10.8 Å². The van der Waals surface area contributed by atoms with Crippen molar-refractivity contribution in [2.75, 3.05) is 0 Å². The summed E-state index contributed by atoms with van der Waals surface area (Å²) in [4.78, 5) is 15.2. The van der Waals surface area contributed by atoms with E-state index < -0.39 is 36.8 Å². The number of rotatable bonds is 2. The molecule has 0 unspecified atom stereocenters. The van der Waals surface area contributed by atoms with Gasteiger partial charge in [0, 0.05) is 0 Å². The fraction of sp³-hybridized carbons (Fsp3) is 0.429. The van der Waals surface area contributed by atoms with E-state index in [1.807, 2.05) is 0 Å². The van der Waals surface area contributed by atoms with Crippen LogP contribution in [0.1, 0.15) is 0 Å². The van der Waals surface area contributed by atoms with Gasteiger partial charge in [0.2, 0.25) is 0 Å². The average Bonchev–Trinajstić information content (AvgIpc) is 2.55. The van der Waals surface area contributed by atoms with Crippen LogP contribution in [-0.4, -0.2) is 36.8 Å². The van der Waals surface area contributed by atoms with E-state index in [4.69, 9.17) is 0 Å². The van der Waals surface area contributed by atoms with E-state index in [1.54, 1.807) is 16.6 Å². The summed E-state index contributed by atoms with van der Waals surface area (Å²) in [5, 5.41) is 3.17. The van der Waals surface area contributed by atoms with Crippen LogP contribution in [0.3, 0.4) is 0 Å². The summed E-state index contributed by atoms with van der Waals surface area (Å²) in [5.41, 5.74) is 0. The standard InChI is InChI=1S/C8H4S.6CH3.2Sn/c1-2-4-8-6-9-5-7(8)3-1;;;;;;;;/h1-4H;6*1H3;;. The van der Waals surface area contributed by atoms with Crippen molar-refractivity contribution < 1.29 is 0 Å². The van der Waals surface area contributed by atoms with Crippen LogP contribution in [0.2, 0.25) is 29.6 Å².